The molecule has 0 unspecified atom stereocenters. The number of hydrogen-bond acceptors (Lipinski definition) is 6. The fourth-order valence-corrected chi connectivity index (χ4v) is 3.65. The van der Waals surface area contributed by atoms with Crippen LogP contribution in [0.25, 0.3) is 10.7 Å². The van der Waals surface area contributed by atoms with Crippen LogP contribution in [0.5, 0.6) is 0 Å². The second kappa shape index (κ2) is 7.72. The summed E-state index contributed by atoms with van der Waals surface area (Å²) in [4.78, 5) is 16.0. The number of nitrogens with one attached hydrogen (secondary N) is 1. The van der Waals surface area contributed by atoms with Crippen LogP contribution in [0, 0.1) is 0 Å². The molecule has 3 aromatic rings. The standard InChI is InChI=1S/C19H21N5S/c1-2-11-24(10-1)12-8-15-6-7-17(21-14-15)23-18-5-3-4-16(22-18)19-20-9-13-25-19/h3-7,9,13-14H,1-2,8,10-12H2,(H,21,22,23). The van der Waals surface area contributed by atoms with Crippen molar-refractivity contribution < 1.29 is 0 Å². The van der Waals surface area contributed by atoms with Crippen LogP contribution in [0.4, 0.5) is 11.6 Å². The van der Waals surface area contributed by atoms with Crippen molar-refractivity contribution in [2.45, 2.75) is 19.3 Å². The molecule has 128 valence electrons. The van der Waals surface area contributed by atoms with Crippen molar-refractivity contribution in [3.05, 3.63) is 53.7 Å². The summed E-state index contributed by atoms with van der Waals surface area (Å²) in [5.41, 5.74) is 2.16. The predicted molar refractivity (Wildman–Crippen MR) is 102 cm³/mol. The van der Waals surface area contributed by atoms with E-state index in [-0.39, 0.29) is 0 Å². The minimum Gasteiger partial charge on any atom is -0.325 e. The number of nitrogens with zero attached hydrogens (tertiary/aromatic N) is 4. The van der Waals surface area contributed by atoms with E-state index < -0.39 is 0 Å². The van der Waals surface area contributed by atoms with Crippen LogP contribution in [-0.2, 0) is 6.42 Å². The number of likely N-dealkylation sites (tertiary alicyclic amines) is 1. The van der Waals surface area contributed by atoms with Gasteiger partial charge in [-0.15, -0.1) is 11.3 Å². The van der Waals surface area contributed by atoms with E-state index in [9.17, 15) is 0 Å². The zero-order valence-electron chi connectivity index (χ0n) is 14.1. The van der Waals surface area contributed by atoms with Gasteiger partial charge in [0.25, 0.3) is 0 Å². The molecule has 3 aromatic heterocycles. The molecule has 0 radical (unpaired) electrons. The van der Waals surface area contributed by atoms with E-state index in [0.29, 0.717) is 0 Å². The van der Waals surface area contributed by atoms with Crippen LogP contribution in [0.2, 0.25) is 0 Å². The largest absolute Gasteiger partial charge is 0.325 e. The molecular formula is C19H21N5S. The molecule has 4 rings (SSSR count). The van der Waals surface area contributed by atoms with Gasteiger partial charge in [-0.2, -0.15) is 0 Å². The third kappa shape index (κ3) is 4.21. The maximum atomic E-state index is 4.61. The molecule has 0 bridgehead atoms. The van der Waals surface area contributed by atoms with Crippen molar-refractivity contribution in [2.75, 3.05) is 25.0 Å². The minimum atomic E-state index is 0.782. The maximum Gasteiger partial charge on any atom is 0.141 e. The number of anilines is 2. The van der Waals surface area contributed by atoms with Gasteiger partial charge in [-0.05, 0) is 56.1 Å². The Morgan fingerprint density at radius 2 is 1.96 bits per heavy atom. The molecule has 5 nitrogen and oxygen atoms in total. The molecule has 1 fully saturated rings. The molecule has 6 heteroatoms. The predicted octanol–water partition coefficient (Wildman–Crippen LogP) is 3.98. The highest BCUT2D eigenvalue weighted by Gasteiger charge is 2.11. The van der Waals surface area contributed by atoms with Crippen LogP contribution in [-0.4, -0.2) is 39.5 Å². The maximum absolute atomic E-state index is 4.61. The van der Waals surface area contributed by atoms with Gasteiger partial charge in [0, 0.05) is 24.3 Å². The Morgan fingerprint density at radius 1 is 1.04 bits per heavy atom. The van der Waals surface area contributed by atoms with Gasteiger partial charge in [0.2, 0.25) is 0 Å². The fourth-order valence-electron chi connectivity index (χ4n) is 3.04. The second-order valence-electron chi connectivity index (χ2n) is 6.22. The molecular weight excluding hydrogens is 330 g/mol. The number of hydrogen-bond donors (Lipinski definition) is 1. The summed E-state index contributed by atoms with van der Waals surface area (Å²) in [5.74, 6) is 1.60. The SMILES string of the molecule is c1cc(Nc2ccc(CCN3CCCC3)cn2)nc(-c2nccs2)c1. The highest BCUT2D eigenvalue weighted by molar-refractivity contribution is 7.13. The zero-order chi connectivity index (χ0) is 16.9. The number of rotatable bonds is 6. The Bertz CT molecular complexity index is 795. The van der Waals surface area contributed by atoms with Gasteiger partial charge in [-0.1, -0.05) is 12.1 Å². The monoisotopic (exact) mass is 351 g/mol. The lowest BCUT2D eigenvalue weighted by molar-refractivity contribution is 0.343. The topological polar surface area (TPSA) is 53.9 Å². The average Bonchev–Trinajstić information content (AvgIpc) is 3.35. The first-order chi connectivity index (χ1) is 12.4. The Balaban J connectivity index is 1.38. The van der Waals surface area contributed by atoms with Gasteiger partial charge in [0.1, 0.15) is 22.3 Å². The zero-order valence-corrected chi connectivity index (χ0v) is 14.9. The molecule has 0 spiro atoms. The summed E-state index contributed by atoms with van der Waals surface area (Å²) in [6, 6.07) is 10.1. The van der Waals surface area contributed by atoms with Gasteiger partial charge >= 0.3 is 0 Å². The van der Waals surface area contributed by atoms with Gasteiger partial charge in [0.15, 0.2) is 0 Å². The molecule has 0 saturated carbocycles. The van der Waals surface area contributed by atoms with E-state index in [1.54, 1.807) is 17.5 Å². The minimum absolute atomic E-state index is 0.782. The molecule has 1 aliphatic heterocycles. The Hall–Kier alpha value is -2.31. The summed E-state index contributed by atoms with van der Waals surface area (Å²) >= 11 is 1.59. The first kappa shape index (κ1) is 16.2. The van der Waals surface area contributed by atoms with Crippen molar-refractivity contribution in [2.24, 2.45) is 0 Å². The van der Waals surface area contributed by atoms with Crippen molar-refractivity contribution in [3.8, 4) is 10.7 Å². The van der Waals surface area contributed by atoms with Crippen molar-refractivity contribution in [1.29, 1.82) is 0 Å². The van der Waals surface area contributed by atoms with Crippen LogP contribution in [0.3, 0.4) is 0 Å². The van der Waals surface area contributed by atoms with Crippen LogP contribution in [0.15, 0.2) is 48.1 Å². The molecule has 0 atom stereocenters. The van der Waals surface area contributed by atoms with Crippen LogP contribution >= 0.6 is 11.3 Å². The molecule has 1 N–H and O–H groups in total. The first-order valence-electron chi connectivity index (χ1n) is 8.68. The van der Waals surface area contributed by atoms with E-state index in [2.05, 4.69) is 31.2 Å². The summed E-state index contributed by atoms with van der Waals surface area (Å²) in [5, 5.41) is 6.16. The Kier molecular flexibility index (Phi) is 4.99. The Morgan fingerprint density at radius 3 is 2.72 bits per heavy atom. The molecule has 0 aromatic carbocycles. The lowest BCUT2D eigenvalue weighted by Gasteiger charge is -2.14. The number of thiazole rings is 1. The summed E-state index contributed by atoms with van der Waals surface area (Å²) in [6.07, 6.45) is 7.50. The summed E-state index contributed by atoms with van der Waals surface area (Å²) in [7, 11) is 0. The van der Waals surface area contributed by atoms with Gasteiger partial charge in [-0.3, -0.25) is 0 Å². The highest BCUT2D eigenvalue weighted by atomic mass is 32.1. The van der Waals surface area contributed by atoms with E-state index >= 15 is 0 Å². The normalized spacial score (nSPS) is 14.7. The molecule has 0 aliphatic carbocycles. The van der Waals surface area contributed by atoms with E-state index in [1.165, 1.54) is 31.5 Å². The van der Waals surface area contributed by atoms with Crippen molar-refractivity contribution >= 4 is 23.0 Å². The Labute approximate surface area is 151 Å². The lowest BCUT2D eigenvalue weighted by Crippen LogP contribution is -2.21. The van der Waals surface area contributed by atoms with Crippen LogP contribution in [0.1, 0.15) is 18.4 Å². The molecule has 25 heavy (non-hydrogen) atoms. The smallest absolute Gasteiger partial charge is 0.141 e. The van der Waals surface area contributed by atoms with Gasteiger partial charge in [0.05, 0.1) is 0 Å². The molecule has 1 aliphatic rings. The fraction of sp³-hybridized carbons (Fsp3) is 0.316. The summed E-state index contributed by atoms with van der Waals surface area (Å²) in [6.45, 7) is 3.62. The van der Waals surface area contributed by atoms with Gasteiger partial charge < -0.3 is 10.2 Å². The van der Waals surface area contributed by atoms with Gasteiger partial charge in [-0.25, -0.2) is 15.0 Å². The van der Waals surface area contributed by atoms with E-state index in [1.807, 2.05) is 35.8 Å². The first-order valence-corrected chi connectivity index (χ1v) is 9.56. The third-order valence-electron chi connectivity index (χ3n) is 4.40. The average molecular weight is 351 g/mol. The third-order valence-corrected chi connectivity index (χ3v) is 5.19. The lowest BCUT2D eigenvalue weighted by atomic mass is 10.2. The van der Waals surface area contributed by atoms with E-state index in [0.717, 1.165) is 35.3 Å². The molecule has 4 heterocycles. The van der Waals surface area contributed by atoms with Crippen molar-refractivity contribution in [3.63, 3.8) is 0 Å². The molecule has 0 amide bonds. The quantitative estimate of drug-likeness (QED) is 0.728. The van der Waals surface area contributed by atoms with Crippen molar-refractivity contribution in [1.82, 2.24) is 19.9 Å². The van der Waals surface area contributed by atoms with Crippen LogP contribution < -0.4 is 5.32 Å². The number of pyridine rings is 2. The second-order valence-corrected chi connectivity index (χ2v) is 7.12. The van der Waals surface area contributed by atoms with E-state index in [4.69, 9.17) is 0 Å². The molecule has 1 saturated heterocycles. The summed E-state index contributed by atoms with van der Waals surface area (Å²) < 4.78 is 0. The highest BCUT2D eigenvalue weighted by Crippen LogP contribution is 2.22. The number of aromatic nitrogens is 3.